The molecule has 0 aromatic carbocycles. The third-order valence-electron chi connectivity index (χ3n) is 2.63. The van der Waals surface area contributed by atoms with Crippen molar-refractivity contribution in [1.29, 1.82) is 0 Å². The Kier molecular flexibility index (Phi) is 3.30. The molecule has 0 aromatic heterocycles. The zero-order chi connectivity index (χ0) is 8.27. The van der Waals surface area contributed by atoms with Gasteiger partial charge in [0.1, 0.15) is 0 Å². The molecule has 0 radical (unpaired) electrons. The Bertz CT molecular complexity index is 117. The van der Waals surface area contributed by atoms with Gasteiger partial charge in [-0.3, -0.25) is 4.90 Å². The minimum atomic E-state index is 0.253. The Labute approximate surface area is 68.2 Å². The van der Waals surface area contributed by atoms with E-state index in [-0.39, 0.29) is 6.61 Å². The molecule has 2 unspecified atom stereocenters. The number of rotatable bonds is 3. The zero-order valence-electron chi connectivity index (χ0n) is 7.16. The highest BCUT2D eigenvalue weighted by Gasteiger charge is 2.28. The highest BCUT2D eigenvalue weighted by molar-refractivity contribution is 4.84. The Hall–Kier alpha value is -0.120. The molecule has 0 amide bonds. The van der Waals surface area contributed by atoms with Crippen molar-refractivity contribution >= 4 is 0 Å². The third-order valence-corrected chi connectivity index (χ3v) is 2.63. The van der Waals surface area contributed by atoms with Crippen LogP contribution in [0.5, 0.6) is 0 Å². The lowest BCUT2D eigenvalue weighted by Gasteiger charge is -2.24. The number of hydrogen-bond donors (Lipinski definition) is 2. The predicted molar refractivity (Wildman–Crippen MR) is 45.3 cm³/mol. The van der Waals surface area contributed by atoms with Crippen molar-refractivity contribution in [3.05, 3.63) is 0 Å². The first-order chi connectivity index (χ1) is 5.29. The van der Waals surface area contributed by atoms with E-state index in [0.717, 1.165) is 19.6 Å². The van der Waals surface area contributed by atoms with Crippen LogP contribution >= 0.6 is 0 Å². The van der Waals surface area contributed by atoms with Gasteiger partial charge < -0.3 is 10.8 Å². The van der Waals surface area contributed by atoms with Gasteiger partial charge in [0, 0.05) is 19.1 Å². The summed E-state index contributed by atoms with van der Waals surface area (Å²) in [6.45, 7) is 5.09. The maximum Gasteiger partial charge on any atom is 0.0558 e. The largest absolute Gasteiger partial charge is 0.395 e. The summed E-state index contributed by atoms with van der Waals surface area (Å²) in [6, 6.07) is 0.502. The first kappa shape index (κ1) is 8.97. The summed E-state index contributed by atoms with van der Waals surface area (Å²) in [7, 11) is 0. The van der Waals surface area contributed by atoms with Gasteiger partial charge in [0.25, 0.3) is 0 Å². The first-order valence-corrected chi connectivity index (χ1v) is 4.34. The van der Waals surface area contributed by atoms with E-state index in [9.17, 15) is 0 Å². The normalized spacial score (nSPS) is 33.0. The molecule has 1 fully saturated rings. The minimum absolute atomic E-state index is 0.253. The van der Waals surface area contributed by atoms with Gasteiger partial charge in [0.2, 0.25) is 0 Å². The lowest BCUT2D eigenvalue weighted by molar-refractivity contribution is 0.177. The average Bonchev–Trinajstić information content (AvgIpc) is 2.33. The molecule has 3 N–H and O–H groups in total. The molecule has 1 rings (SSSR count). The molecule has 11 heavy (non-hydrogen) atoms. The highest BCUT2D eigenvalue weighted by Crippen LogP contribution is 2.21. The van der Waals surface area contributed by atoms with Crippen LogP contribution in [0.1, 0.15) is 13.3 Å². The molecule has 1 aliphatic rings. The maximum absolute atomic E-state index is 8.74. The third kappa shape index (κ3) is 1.92. The second kappa shape index (κ2) is 4.04. The highest BCUT2D eigenvalue weighted by atomic mass is 16.3. The monoisotopic (exact) mass is 158 g/mol. The number of aliphatic hydroxyl groups is 1. The number of β-amino-alcohol motifs (C(OH)–C–C–N with tert-alkyl or cyclic N) is 1. The van der Waals surface area contributed by atoms with E-state index in [1.54, 1.807) is 0 Å². The van der Waals surface area contributed by atoms with Crippen LogP contribution in [0.3, 0.4) is 0 Å². The molecule has 3 nitrogen and oxygen atoms in total. The first-order valence-electron chi connectivity index (χ1n) is 4.34. The molecule has 0 saturated carbocycles. The Morgan fingerprint density at radius 1 is 1.64 bits per heavy atom. The van der Waals surface area contributed by atoms with E-state index in [0.29, 0.717) is 12.0 Å². The standard InChI is InChI=1S/C8H18N2O/c1-7-2-3-10(4-5-11)8(7)6-9/h7-8,11H,2-6,9H2,1H3. The Morgan fingerprint density at radius 2 is 2.36 bits per heavy atom. The summed E-state index contributed by atoms with van der Waals surface area (Å²) in [5.41, 5.74) is 5.62. The lowest BCUT2D eigenvalue weighted by atomic mass is 10.0. The molecule has 1 heterocycles. The van der Waals surface area contributed by atoms with Crippen LogP contribution in [0.25, 0.3) is 0 Å². The van der Waals surface area contributed by atoms with Crippen molar-refractivity contribution in [2.45, 2.75) is 19.4 Å². The molecule has 0 aromatic rings. The Morgan fingerprint density at radius 3 is 2.91 bits per heavy atom. The maximum atomic E-state index is 8.74. The molecule has 0 bridgehead atoms. The smallest absolute Gasteiger partial charge is 0.0558 e. The van der Waals surface area contributed by atoms with Crippen LogP contribution in [0.2, 0.25) is 0 Å². The number of nitrogens with two attached hydrogens (primary N) is 1. The van der Waals surface area contributed by atoms with Crippen LogP contribution in [-0.2, 0) is 0 Å². The second-order valence-electron chi connectivity index (χ2n) is 3.33. The topological polar surface area (TPSA) is 49.5 Å². The Balaban J connectivity index is 2.40. The molecule has 1 aliphatic heterocycles. The van der Waals surface area contributed by atoms with Gasteiger partial charge in [0.15, 0.2) is 0 Å². The van der Waals surface area contributed by atoms with Crippen LogP contribution < -0.4 is 5.73 Å². The SMILES string of the molecule is CC1CCN(CCO)C1CN. The molecule has 66 valence electrons. The fraction of sp³-hybridized carbons (Fsp3) is 1.00. The van der Waals surface area contributed by atoms with Crippen LogP contribution in [0.4, 0.5) is 0 Å². The summed E-state index contributed by atoms with van der Waals surface area (Å²) >= 11 is 0. The van der Waals surface area contributed by atoms with Gasteiger partial charge in [-0.15, -0.1) is 0 Å². The summed E-state index contributed by atoms with van der Waals surface area (Å²) < 4.78 is 0. The fourth-order valence-electron chi connectivity index (χ4n) is 1.88. The van der Waals surface area contributed by atoms with Crippen LogP contribution in [-0.4, -0.2) is 42.3 Å². The quantitative estimate of drug-likeness (QED) is 0.590. The van der Waals surface area contributed by atoms with Crippen molar-refractivity contribution in [1.82, 2.24) is 4.90 Å². The summed E-state index contributed by atoms with van der Waals surface area (Å²) in [5, 5.41) is 8.74. The summed E-state index contributed by atoms with van der Waals surface area (Å²) in [5.74, 6) is 0.701. The van der Waals surface area contributed by atoms with Crippen molar-refractivity contribution in [3.8, 4) is 0 Å². The molecular weight excluding hydrogens is 140 g/mol. The van der Waals surface area contributed by atoms with Crippen molar-refractivity contribution in [2.75, 3.05) is 26.2 Å². The number of aliphatic hydroxyl groups excluding tert-OH is 1. The fourth-order valence-corrected chi connectivity index (χ4v) is 1.88. The number of nitrogens with zero attached hydrogens (tertiary/aromatic N) is 1. The van der Waals surface area contributed by atoms with Gasteiger partial charge in [0.05, 0.1) is 6.61 Å². The second-order valence-corrected chi connectivity index (χ2v) is 3.33. The predicted octanol–water partition coefficient (Wildman–Crippen LogP) is -0.352. The molecule has 0 spiro atoms. The van der Waals surface area contributed by atoms with Gasteiger partial charge in [-0.05, 0) is 18.9 Å². The molecular formula is C8H18N2O. The van der Waals surface area contributed by atoms with E-state index in [1.807, 2.05) is 0 Å². The van der Waals surface area contributed by atoms with Crippen molar-refractivity contribution in [3.63, 3.8) is 0 Å². The molecule has 0 aliphatic carbocycles. The van der Waals surface area contributed by atoms with Crippen molar-refractivity contribution in [2.24, 2.45) is 11.7 Å². The van der Waals surface area contributed by atoms with E-state index in [4.69, 9.17) is 10.8 Å². The van der Waals surface area contributed by atoms with E-state index in [2.05, 4.69) is 11.8 Å². The zero-order valence-corrected chi connectivity index (χ0v) is 7.16. The number of likely N-dealkylation sites (tertiary alicyclic amines) is 1. The summed E-state index contributed by atoms with van der Waals surface area (Å²) in [4.78, 5) is 2.28. The van der Waals surface area contributed by atoms with Gasteiger partial charge in [-0.1, -0.05) is 6.92 Å². The van der Waals surface area contributed by atoms with E-state index < -0.39 is 0 Å². The molecule has 1 saturated heterocycles. The molecule has 3 heteroatoms. The summed E-state index contributed by atoms with van der Waals surface area (Å²) in [6.07, 6.45) is 1.22. The van der Waals surface area contributed by atoms with Crippen LogP contribution in [0, 0.1) is 5.92 Å². The van der Waals surface area contributed by atoms with E-state index in [1.165, 1.54) is 6.42 Å². The van der Waals surface area contributed by atoms with Crippen molar-refractivity contribution < 1.29 is 5.11 Å². The van der Waals surface area contributed by atoms with Gasteiger partial charge >= 0.3 is 0 Å². The number of hydrogen-bond acceptors (Lipinski definition) is 3. The van der Waals surface area contributed by atoms with Gasteiger partial charge in [-0.2, -0.15) is 0 Å². The van der Waals surface area contributed by atoms with E-state index >= 15 is 0 Å². The van der Waals surface area contributed by atoms with Crippen LogP contribution in [0.15, 0.2) is 0 Å². The lowest BCUT2D eigenvalue weighted by Crippen LogP contribution is -2.39. The average molecular weight is 158 g/mol. The minimum Gasteiger partial charge on any atom is -0.395 e. The van der Waals surface area contributed by atoms with Gasteiger partial charge in [-0.25, -0.2) is 0 Å². The molecule has 2 atom stereocenters.